The zero-order valence-electron chi connectivity index (χ0n) is 22.8. The molecule has 8 nitrogen and oxygen atoms in total. The molecule has 0 amide bonds. The van der Waals surface area contributed by atoms with Gasteiger partial charge in [0.15, 0.2) is 23.0 Å². The Morgan fingerprint density at radius 1 is 0.525 bits per heavy atom. The number of nitrogens with zero attached hydrogens (tertiary/aromatic N) is 2. The van der Waals surface area contributed by atoms with Gasteiger partial charge < -0.3 is 29.2 Å². The number of ether oxygens (including phenoxy) is 4. The predicted molar refractivity (Wildman–Crippen MR) is 156 cm³/mol. The molecule has 0 aromatic heterocycles. The Morgan fingerprint density at radius 2 is 0.900 bits per heavy atom. The zero-order valence-corrected chi connectivity index (χ0v) is 22.8. The van der Waals surface area contributed by atoms with E-state index in [1.807, 2.05) is 60.7 Å². The minimum atomic E-state index is -0.477. The number of aliphatic imine (C=N–C) groups is 2. The third kappa shape index (κ3) is 6.02. The Hall–Kier alpha value is -4.98. The van der Waals surface area contributed by atoms with E-state index in [9.17, 15) is 10.2 Å². The fourth-order valence-electron chi connectivity index (χ4n) is 4.38. The van der Waals surface area contributed by atoms with Crippen molar-refractivity contribution in [2.75, 3.05) is 28.4 Å². The van der Waals surface area contributed by atoms with E-state index in [0.29, 0.717) is 22.6 Å². The molecule has 0 spiro atoms. The highest BCUT2D eigenvalue weighted by molar-refractivity contribution is 5.87. The second kappa shape index (κ2) is 13.2. The summed E-state index contributed by atoms with van der Waals surface area (Å²) in [6.07, 6.45) is 3.21. The SMILES string of the molecule is COc1ccc(C=N[C@H](c2ccccc2)[C@H](N=Cc2ccc(OC)c(OC)c2O)c2ccccc2)c(O)c1OC. The third-order valence-corrected chi connectivity index (χ3v) is 6.43. The van der Waals surface area contributed by atoms with Gasteiger partial charge in [-0.15, -0.1) is 0 Å². The lowest BCUT2D eigenvalue weighted by Crippen LogP contribution is -2.09. The maximum absolute atomic E-state index is 10.8. The number of rotatable bonds is 11. The maximum Gasteiger partial charge on any atom is 0.203 e. The van der Waals surface area contributed by atoms with Gasteiger partial charge in [0.2, 0.25) is 11.5 Å². The van der Waals surface area contributed by atoms with Crippen LogP contribution in [0.5, 0.6) is 34.5 Å². The molecule has 0 saturated heterocycles. The summed E-state index contributed by atoms with van der Waals surface area (Å²) >= 11 is 0. The number of phenols is 2. The Labute approximate surface area is 233 Å². The van der Waals surface area contributed by atoms with Crippen LogP contribution in [0.3, 0.4) is 0 Å². The van der Waals surface area contributed by atoms with E-state index >= 15 is 0 Å². The minimum Gasteiger partial charge on any atom is -0.504 e. The van der Waals surface area contributed by atoms with Gasteiger partial charge in [-0.1, -0.05) is 60.7 Å². The second-order valence-electron chi connectivity index (χ2n) is 8.75. The lowest BCUT2D eigenvalue weighted by Gasteiger charge is -2.22. The molecule has 0 aliphatic rings. The fraction of sp³-hybridized carbons (Fsp3) is 0.188. The molecule has 0 fully saturated rings. The van der Waals surface area contributed by atoms with Gasteiger partial charge >= 0.3 is 0 Å². The summed E-state index contributed by atoms with van der Waals surface area (Å²) in [7, 11) is 5.95. The number of benzene rings is 4. The standard InChI is InChI=1S/C32H32N2O6/c1-37-25-17-15-23(29(35)31(25)39-3)19-33-27(21-11-7-5-8-12-21)28(22-13-9-6-10-14-22)34-20-24-16-18-26(38-2)32(40-4)30(24)36/h5-20,27-28,35-36H,1-4H3/t27-,28-/m1/s1. The van der Waals surface area contributed by atoms with Crippen molar-refractivity contribution in [2.24, 2.45) is 9.98 Å². The summed E-state index contributed by atoms with van der Waals surface area (Å²) in [5, 5.41) is 21.7. The van der Waals surface area contributed by atoms with Gasteiger partial charge in [0.25, 0.3) is 0 Å². The maximum atomic E-state index is 10.8. The number of aromatic hydroxyl groups is 2. The van der Waals surface area contributed by atoms with E-state index in [0.717, 1.165) is 11.1 Å². The summed E-state index contributed by atoms with van der Waals surface area (Å²) in [6.45, 7) is 0. The Morgan fingerprint density at radius 3 is 1.23 bits per heavy atom. The van der Waals surface area contributed by atoms with Crippen LogP contribution in [0, 0.1) is 0 Å². The van der Waals surface area contributed by atoms with Crippen LogP contribution in [0.1, 0.15) is 34.3 Å². The van der Waals surface area contributed by atoms with Crippen molar-refractivity contribution in [1.29, 1.82) is 0 Å². The molecule has 0 heterocycles. The molecule has 4 aromatic carbocycles. The number of hydrogen-bond acceptors (Lipinski definition) is 8. The topological polar surface area (TPSA) is 102 Å². The van der Waals surface area contributed by atoms with Crippen molar-refractivity contribution in [1.82, 2.24) is 0 Å². The van der Waals surface area contributed by atoms with Crippen LogP contribution in [0.15, 0.2) is 94.9 Å². The first-order valence-electron chi connectivity index (χ1n) is 12.6. The summed E-state index contributed by atoms with van der Waals surface area (Å²) in [4.78, 5) is 9.85. The zero-order chi connectivity index (χ0) is 28.5. The largest absolute Gasteiger partial charge is 0.504 e. The molecule has 0 unspecified atom stereocenters. The van der Waals surface area contributed by atoms with Crippen LogP contribution in [-0.4, -0.2) is 51.1 Å². The Balaban J connectivity index is 1.82. The number of phenolic OH excluding ortho intramolecular Hbond substituents is 2. The molecule has 0 saturated carbocycles. The van der Waals surface area contributed by atoms with Gasteiger partial charge in [0.05, 0.1) is 28.4 Å². The van der Waals surface area contributed by atoms with Gasteiger partial charge in [0.1, 0.15) is 12.1 Å². The molecule has 206 valence electrons. The molecule has 4 aromatic rings. The van der Waals surface area contributed by atoms with Crippen molar-refractivity contribution in [2.45, 2.75) is 12.1 Å². The van der Waals surface area contributed by atoms with Gasteiger partial charge in [0, 0.05) is 23.6 Å². The highest BCUT2D eigenvalue weighted by Gasteiger charge is 2.24. The molecular weight excluding hydrogens is 508 g/mol. The van der Waals surface area contributed by atoms with Crippen molar-refractivity contribution in [3.05, 3.63) is 107 Å². The molecule has 0 aliphatic carbocycles. The molecule has 8 heteroatoms. The first kappa shape index (κ1) is 28.0. The highest BCUT2D eigenvalue weighted by atomic mass is 16.5. The molecule has 40 heavy (non-hydrogen) atoms. The van der Waals surface area contributed by atoms with Crippen LogP contribution in [0.25, 0.3) is 0 Å². The first-order valence-corrected chi connectivity index (χ1v) is 12.6. The van der Waals surface area contributed by atoms with E-state index in [2.05, 4.69) is 0 Å². The van der Waals surface area contributed by atoms with E-state index < -0.39 is 12.1 Å². The van der Waals surface area contributed by atoms with Crippen LogP contribution in [0.4, 0.5) is 0 Å². The molecular formula is C32H32N2O6. The molecule has 2 N–H and O–H groups in total. The summed E-state index contributed by atoms with van der Waals surface area (Å²) in [6, 6.07) is 25.5. The van der Waals surface area contributed by atoms with Crippen LogP contribution in [-0.2, 0) is 0 Å². The van der Waals surface area contributed by atoms with Crippen LogP contribution in [0.2, 0.25) is 0 Å². The predicted octanol–water partition coefficient (Wildman–Crippen LogP) is 6.15. The van der Waals surface area contributed by atoms with Gasteiger partial charge in [-0.3, -0.25) is 9.98 Å². The average molecular weight is 541 g/mol. The van der Waals surface area contributed by atoms with Crippen molar-refractivity contribution >= 4 is 12.4 Å². The van der Waals surface area contributed by atoms with Crippen molar-refractivity contribution < 1.29 is 29.2 Å². The van der Waals surface area contributed by atoms with Crippen molar-refractivity contribution in [3.8, 4) is 34.5 Å². The molecule has 2 atom stereocenters. The van der Waals surface area contributed by atoms with Gasteiger partial charge in [-0.2, -0.15) is 0 Å². The van der Waals surface area contributed by atoms with Crippen molar-refractivity contribution in [3.63, 3.8) is 0 Å². The first-order chi connectivity index (χ1) is 19.5. The monoisotopic (exact) mass is 540 g/mol. The number of methoxy groups -OCH3 is 4. The van der Waals surface area contributed by atoms with Gasteiger partial charge in [-0.25, -0.2) is 0 Å². The van der Waals surface area contributed by atoms with Crippen LogP contribution >= 0.6 is 0 Å². The quantitative estimate of drug-likeness (QED) is 0.221. The van der Waals surface area contributed by atoms with Gasteiger partial charge in [-0.05, 0) is 35.4 Å². The minimum absolute atomic E-state index is 0.0765. The van der Waals surface area contributed by atoms with E-state index in [1.54, 1.807) is 36.7 Å². The Bertz CT molecular complexity index is 1360. The molecule has 0 bridgehead atoms. The second-order valence-corrected chi connectivity index (χ2v) is 8.75. The van der Waals surface area contributed by atoms with Crippen LogP contribution < -0.4 is 18.9 Å². The van der Waals surface area contributed by atoms with E-state index in [1.165, 1.54) is 28.4 Å². The normalized spacial score (nSPS) is 12.8. The summed E-state index contributed by atoms with van der Waals surface area (Å²) in [5.41, 5.74) is 2.77. The van der Waals surface area contributed by atoms with E-state index in [4.69, 9.17) is 28.9 Å². The molecule has 4 rings (SSSR count). The summed E-state index contributed by atoms with van der Waals surface area (Å²) < 4.78 is 21.3. The Kier molecular flexibility index (Phi) is 9.25. The number of hydrogen-bond donors (Lipinski definition) is 2. The lowest BCUT2D eigenvalue weighted by molar-refractivity contribution is 0.333. The fourth-order valence-corrected chi connectivity index (χ4v) is 4.38. The lowest BCUT2D eigenvalue weighted by atomic mass is 9.94. The third-order valence-electron chi connectivity index (χ3n) is 6.43. The summed E-state index contributed by atoms with van der Waals surface area (Å²) in [5.74, 6) is 1.13. The highest BCUT2D eigenvalue weighted by Crippen LogP contribution is 2.41. The molecule has 0 aliphatic heterocycles. The van der Waals surface area contributed by atoms with E-state index in [-0.39, 0.29) is 23.0 Å². The average Bonchev–Trinajstić information content (AvgIpc) is 3.00. The molecule has 0 radical (unpaired) electrons. The smallest absolute Gasteiger partial charge is 0.203 e.